The van der Waals surface area contributed by atoms with Gasteiger partial charge >= 0.3 is 0 Å². The highest BCUT2D eigenvalue weighted by atomic mass is 16.5. The van der Waals surface area contributed by atoms with E-state index in [-0.39, 0.29) is 5.41 Å². The molecule has 0 spiro atoms. The van der Waals surface area contributed by atoms with E-state index >= 15 is 0 Å². The molecule has 1 aromatic carbocycles. The van der Waals surface area contributed by atoms with Gasteiger partial charge in [-0.25, -0.2) is 0 Å². The molecule has 2 saturated carbocycles. The highest BCUT2D eigenvalue weighted by Gasteiger charge is 2.37. The highest BCUT2D eigenvalue weighted by Crippen LogP contribution is 2.40. The van der Waals surface area contributed by atoms with Crippen molar-refractivity contribution in [3.8, 4) is 11.8 Å². The average molecular weight is 312 g/mol. The van der Waals surface area contributed by atoms with Crippen LogP contribution < -0.4 is 10.1 Å². The van der Waals surface area contributed by atoms with E-state index in [1.807, 2.05) is 18.2 Å². The first-order valence-corrected chi connectivity index (χ1v) is 9.07. The van der Waals surface area contributed by atoms with E-state index in [1.165, 1.54) is 32.1 Å². The van der Waals surface area contributed by atoms with Gasteiger partial charge in [-0.05, 0) is 56.2 Å². The number of nitriles is 1. The van der Waals surface area contributed by atoms with Crippen LogP contribution in [0.2, 0.25) is 0 Å². The Bertz CT molecular complexity index is 549. The zero-order chi connectivity index (χ0) is 16.1. The molecule has 0 radical (unpaired) electrons. The molecule has 0 aromatic heterocycles. The predicted molar refractivity (Wildman–Crippen MR) is 92.5 cm³/mol. The summed E-state index contributed by atoms with van der Waals surface area (Å²) in [5.74, 6) is 0.847. The molecule has 124 valence electrons. The fourth-order valence-corrected chi connectivity index (χ4v) is 4.27. The molecule has 0 amide bonds. The van der Waals surface area contributed by atoms with Gasteiger partial charge in [0, 0.05) is 12.1 Å². The van der Waals surface area contributed by atoms with Crippen LogP contribution in [0, 0.1) is 11.3 Å². The van der Waals surface area contributed by atoms with Crippen molar-refractivity contribution in [2.45, 2.75) is 75.3 Å². The number of methoxy groups -OCH3 is 1. The Hall–Kier alpha value is -1.53. The topological polar surface area (TPSA) is 45.0 Å². The number of benzene rings is 1. The Labute approximate surface area is 140 Å². The first kappa shape index (κ1) is 16.3. The van der Waals surface area contributed by atoms with E-state index in [1.54, 1.807) is 7.11 Å². The number of nitrogens with zero attached hydrogens (tertiary/aromatic N) is 1. The minimum Gasteiger partial charge on any atom is -0.497 e. The Morgan fingerprint density at radius 1 is 1.09 bits per heavy atom. The van der Waals surface area contributed by atoms with Crippen LogP contribution in [-0.4, -0.2) is 19.2 Å². The van der Waals surface area contributed by atoms with Crippen LogP contribution in [0.15, 0.2) is 24.3 Å². The minimum atomic E-state index is -0.334. The summed E-state index contributed by atoms with van der Waals surface area (Å²) in [7, 11) is 1.68. The predicted octanol–water partition coefficient (Wildman–Crippen LogP) is 4.32. The summed E-state index contributed by atoms with van der Waals surface area (Å²) >= 11 is 0. The van der Waals surface area contributed by atoms with E-state index in [0.717, 1.165) is 37.0 Å². The number of rotatable bonds is 4. The number of nitrogens with one attached hydrogen (secondary N) is 1. The summed E-state index contributed by atoms with van der Waals surface area (Å²) in [5, 5.41) is 13.7. The molecule has 0 heterocycles. The summed E-state index contributed by atoms with van der Waals surface area (Å²) in [5.41, 5.74) is 0.787. The zero-order valence-corrected chi connectivity index (χ0v) is 14.2. The van der Waals surface area contributed by atoms with Crippen LogP contribution in [0.25, 0.3) is 0 Å². The summed E-state index contributed by atoms with van der Waals surface area (Å²) in [6, 6.07) is 12.0. The van der Waals surface area contributed by atoms with Gasteiger partial charge in [-0.2, -0.15) is 5.26 Å². The monoisotopic (exact) mass is 312 g/mol. The Kier molecular flexibility index (Phi) is 5.23. The van der Waals surface area contributed by atoms with Crippen LogP contribution in [-0.2, 0) is 5.41 Å². The van der Waals surface area contributed by atoms with Crippen molar-refractivity contribution in [1.29, 1.82) is 5.26 Å². The van der Waals surface area contributed by atoms with E-state index < -0.39 is 0 Å². The van der Waals surface area contributed by atoms with Gasteiger partial charge < -0.3 is 10.1 Å². The second kappa shape index (κ2) is 7.36. The lowest BCUT2D eigenvalue weighted by Gasteiger charge is -2.38. The molecule has 2 aliphatic carbocycles. The largest absolute Gasteiger partial charge is 0.497 e. The van der Waals surface area contributed by atoms with Crippen molar-refractivity contribution in [3.05, 3.63) is 29.8 Å². The highest BCUT2D eigenvalue weighted by molar-refractivity contribution is 5.38. The van der Waals surface area contributed by atoms with Gasteiger partial charge in [0.1, 0.15) is 5.75 Å². The van der Waals surface area contributed by atoms with Crippen LogP contribution in [0.3, 0.4) is 0 Å². The van der Waals surface area contributed by atoms with Gasteiger partial charge in [0.25, 0.3) is 0 Å². The maximum atomic E-state index is 9.86. The zero-order valence-electron chi connectivity index (χ0n) is 14.2. The average Bonchev–Trinajstić information content (AvgIpc) is 2.63. The molecular formula is C20H28N2O. The third-order valence-electron chi connectivity index (χ3n) is 5.75. The summed E-state index contributed by atoms with van der Waals surface area (Å²) in [6.07, 6.45) is 10.9. The smallest absolute Gasteiger partial charge is 0.119 e. The van der Waals surface area contributed by atoms with Gasteiger partial charge in [0.15, 0.2) is 0 Å². The lowest BCUT2D eigenvalue weighted by atomic mass is 9.69. The van der Waals surface area contributed by atoms with Gasteiger partial charge in [-0.3, -0.25) is 0 Å². The molecular weight excluding hydrogens is 284 g/mol. The SMILES string of the molecule is COc1cccc([C@]2(C#N)CC[C@H](NC3CCCCC3)CC2)c1. The molecule has 23 heavy (non-hydrogen) atoms. The molecule has 2 aliphatic rings. The van der Waals surface area contributed by atoms with Crippen molar-refractivity contribution in [3.63, 3.8) is 0 Å². The standard InChI is InChI=1S/C20H28N2O/c1-23-19-9-5-6-16(14-19)20(15-21)12-10-18(11-13-20)22-17-7-3-2-4-8-17/h5-6,9,14,17-18,22H,2-4,7-8,10-13H2,1H3/t18-,20+. The maximum Gasteiger partial charge on any atom is 0.119 e. The molecule has 0 saturated heterocycles. The molecule has 2 fully saturated rings. The molecule has 3 nitrogen and oxygen atoms in total. The Morgan fingerprint density at radius 3 is 2.43 bits per heavy atom. The second-order valence-corrected chi connectivity index (χ2v) is 7.20. The fourth-order valence-electron chi connectivity index (χ4n) is 4.27. The molecule has 0 atom stereocenters. The van der Waals surface area contributed by atoms with Gasteiger partial charge in [0.2, 0.25) is 0 Å². The first-order chi connectivity index (χ1) is 11.3. The molecule has 3 heteroatoms. The van der Waals surface area contributed by atoms with Gasteiger partial charge in [0.05, 0.1) is 18.6 Å². The van der Waals surface area contributed by atoms with E-state index in [4.69, 9.17) is 4.74 Å². The summed E-state index contributed by atoms with van der Waals surface area (Å²) in [6.45, 7) is 0. The van der Waals surface area contributed by atoms with Crippen molar-refractivity contribution >= 4 is 0 Å². The molecule has 1 aromatic rings. The van der Waals surface area contributed by atoms with Crippen LogP contribution in [0.4, 0.5) is 0 Å². The van der Waals surface area contributed by atoms with E-state index in [2.05, 4.69) is 17.5 Å². The Balaban J connectivity index is 1.63. The molecule has 1 N–H and O–H groups in total. The summed E-state index contributed by atoms with van der Waals surface area (Å²) < 4.78 is 5.34. The quantitative estimate of drug-likeness (QED) is 0.900. The lowest BCUT2D eigenvalue weighted by Crippen LogP contribution is -2.44. The number of ether oxygens (including phenoxy) is 1. The number of hydrogen-bond donors (Lipinski definition) is 1. The van der Waals surface area contributed by atoms with Crippen molar-refractivity contribution in [2.75, 3.05) is 7.11 Å². The maximum absolute atomic E-state index is 9.86. The molecule has 0 unspecified atom stereocenters. The molecule has 3 rings (SSSR count). The van der Waals surface area contributed by atoms with Crippen molar-refractivity contribution in [1.82, 2.24) is 5.32 Å². The van der Waals surface area contributed by atoms with Crippen LogP contribution >= 0.6 is 0 Å². The van der Waals surface area contributed by atoms with Crippen molar-refractivity contribution < 1.29 is 4.74 Å². The summed E-state index contributed by atoms with van der Waals surface area (Å²) in [4.78, 5) is 0. The minimum absolute atomic E-state index is 0.334. The normalized spacial score (nSPS) is 29.0. The number of hydrogen-bond acceptors (Lipinski definition) is 3. The molecule has 0 bridgehead atoms. The van der Waals surface area contributed by atoms with Crippen LogP contribution in [0.5, 0.6) is 5.75 Å². The first-order valence-electron chi connectivity index (χ1n) is 9.07. The fraction of sp³-hybridized carbons (Fsp3) is 0.650. The second-order valence-electron chi connectivity index (χ2n) is 7.20. The van der Waals surface area contributed by atoms with E-state index in [9.17, 15) is 5.26 Å². The van der Waals surface area contributed by atoms with Gasteiger partial charge in [-0.1, -0.05) is 31.4 Å². The van der Waals surface area contributed by atoms with E-state index in [0.29, 0.717) is 12.1 Å². The lowest BCUT2D eigenvalue weighted by molar-refractivity contribution is 0.253. The Morgan fingerprint density at radius 2 is 1.78 bits per heavy atom. The van der Waals surface area contributed by atoms with Crippen molar-refractivity contribution in [2.24, 2.45) is 0 Å². The van der Waals surface area contributed by atoms with Crippen LogP contribution in [0.1, 0.15) is 63.4 Å². The van der Waals surface area contributed by atoms with Gasteiger partial charge in [-0.15, -0.1) is 0 Å². The third kappa shape index (κ3) is 3.70. The third-order valence-corrected chi connectivity index (χ3v) is 5.75. The molecule has 0 aliphatic heterocycles.